The van der Waals surface area contributed by atoms with Crippen molar-refractivity contribution >= 4 is 12.0 Å². The van der Waals surface area contributed by atoms with Crippen molar-refractivity contribution in [2.24, 2.45) is 17.8 Å². The molecule has 4 saturated carbocycles. The predicted octanol–water partition coefficient (Wildman–Crippen LogP) is 5.64. The molecule has 0 aromatic heterocycles. The number of aromatic hydroxyl groups is 1. The Bertz CT molecular complexity index is 706. The molecule has 1 aromatic carbocycles. The van der Waals surface area contributed by atoms with Crippen LogP contribution in [0.5, 0.6) is 5.75 Å². The van der Waals surface area contributed by atoms with Gasteiger partial charge in [-0.1, -0.05) is 30.4 Å². The number of hydrogen-bond acceptors (Lipinski definition) is 3. The van der Waals surface area contributed by atoms with Crippen molar-refractivity contribution in [3.8, 4) is 5.75 Å². The molecule has 0 heterocycles. The molecule has 0 amide bonds. The third-order valence-corrected chi connectivity index (χ3v) is 6.60. The maximum absolute atomic E-state index is 12.6. The van der Waals surface area contributed by atoms with E-state index < -0.39 is 0 Å². The van der Waals surface area contributed by atoms with Gasteiger partial charge in [-0.25, -0.2) is 4.79 Å². The number of hydrogen-bond donors (Lipinski definition) is 1. The van der Waals surface area contributed by atoms with Gasteiger partial charge in [0.1, 0.15) is 11.4 Å². The largest absolute Gasteiger partial charge is 0.508 e. The van der Waals surface area contributed by atoms with Crippen LogP contribution in [0.25, 0.3) is 6.08 Å². The summed E-state index contributed by atoms with van der Waals surface area (Å²) < 4.78 is 6.10. The van der Waals surface area contributed by atoms with Crippen LogP contribution in [0.4, 0.5) is 0 Å². The predicted molar refractivity (Wildman–Crippen MR) is 107 cm³/mol. The van der Waals surface area contributed by atoms with Gasteiger partial charge in [-0.3, -0.25) is 0 Å². The number of esters is 1. The molecule has 1 aromatic rings. The minimum Gasteiger partial charge on any atom is -0.508 e. The summed E-state index contributed by atoms with van der Waals surface area (Å²) in [4.78, 5) is 12.6. The van der Waals surface area contributed by atoms with Gasteiger partial charge in [-0.05, 0) is 93.7 Å². The van der Waals surface area contributed by atoms with Gasteiger partial charge in [0, 0.05) is 5.57 Å². The second-order valence-corrected chi connectivity index (χ2v) is 8.95. The van der Waals surface area contributed by atoms with Crippen LogP contribution in [0, 0.1) is 17.8 Å². The first-order chi connectivity index (χ1) is 13.0. The highest BCUT2D eigenvalue weighted by Gasteiger charge is 2.53. The summed E-state index contributed by atoms with van der Waals surface area (Å²) in [6.45, 7) is 1.88. The standard InChI is InChI=1S/C24H30O3/c1-17(5-3-2-4-6-18-7-9-22(25)10-8-18)23(26)27-24-14-19-11-20(15-24)13-21(12-19)16-24/h4-10,19-21,25H,2-3,11-16H2,1H3. The topological polar surface area (TPSA) is 46.5 Å². The van der Waals surface area contributed by atoms with Crippen molar-refractivity contribution in [2.45, 2.75) is 63.9 Å². The van der Waals surface area contributed by atoms with Gasteiger partial charge in [0.2, 0.25) is 0 Å². The van der Waals surface area contributed by atoms with Crippen LogP contribution in [0.1, 0.15) is 63.9 Å². The minimum absolute atomic E-state index is 0.112. The molecule has 4 bridgehead atoms. The van der Waals surface area contributed by atoms with Gasteiger partial charge >= 0.3 is 5.97 Å². The van der Waals surface area contributed by atoms with E-state index in [-0.39, 0.29) is 17.3 Å². The molecule has 4 aliphatic carbocycles. The second-order valence-electron chi connectivity index (χ2n) is 8.95. The zero-order chi connectivity index (χ0) is 18.9. The van der Waals surface area contributed by atoms with Gasteiger partial charge in [0.15, 0.2) is 0 Å². The molecular weight excluding hydrogens is 336 g/mol. The fourth-order valence-corrected chi connectivity index (χ4v) is 5.72. The van der Waals surface area contributed by atoms with Crippen molar-refractivity contribution in [1.82, 2.24) is 0 Å². The van der Waals surface area contributed by atoms with E-state index in [4.69, 9.17) is 4.74 Å². The molecule has 0 saturated heterocycles. The van der Waals surface area contributed by atoms with Crippen LogP contribution in [0.15, 0.2) is 42.0 Å². The summed E-state index contributed by atoms with van der Waals surface area (Å²) in [5, 5.41) is 9.29. The zero-order valence-electron chi connectivity index (χ0n) is 16.2. The molecule has 144 valence electrons. The van der Waals surface area contributed by atoms with Crippen LogP contribution in [-0.2, 0) is 9.53 Å². The summed E-state index contributed by atoms with van der Waals surface area (Å²) in [6.07, 6.45) is 15.2. The smallest absolute Gasteiger partial charge is 0.333 e. The number of phenols is 1. The Balaban J connectivity index is 1.27. The number of carbonyl (C=O) groups excluding carboxylic acids is 1. The summed E-state index contributed by atoms with van der Waals surface area (Å²) in [6, 6.07) is 7.14. The Labute approximate surface area is 162 Å². The summed E-state index contributed by atoms with van der Waals surface area (Å²) in [5.74, 6) is 2.54. The molecular formula is C24H30O3. The maximum Gasteiger partial charge on any atom is 0.333 e. The van der Waals surface area contributed by atoms with Crippen LogP contribution < -0.4 is 0 Å². The average molecular weight is 367 g/mol. The third-order valence-electron chi connectivity index (χ3n) is 6.60. The van der Waals surface area contributed by atoms with Crippen LogP contribution >= 0.6 is 0 Å². The third kappa shape index (κ3) is 4.28. The summed E-state index contributed by atoms with van der Waals surface area (Å²) >= 11 is 0. The van der Waals surface area contributed by atoms with E-state index in [1.807, 2.05) is 31.2 Å². The lowest BCUT2D eigenvalue weighted by molar-refractivity contribution is -0.182. The molecule has 0 unspecified atom stereocenters. The molecule has 4 fully saturated rings. The van der Waals surface area contributed by atoms with Crippen molar-refractivity contribution in [3.63, 3.8) is 0 Å². The number of unbranched alkanes of at least 4 members (excludes halogenated alkanes) is 1. The van der Waals surface area contributed by atoms with Gasteiger partial charge < -0.3 is 9.84 Å². The van der Waals surface area contributed by atoms with Crippen molar-refractivity contribution < 1.29 is 14.6 Å². The molecule has 3 nitrogen and oxygen atoms in total. The number of rotatable bonds is 6. The van der Waals surface area contributed by atoms with Crippen LogP contribution in [-0.4, -0.2) is 16.7 Å². The normalized spacial score (nSPS) is 32.2. The molecule has 3 heteroatoms. The van der Waals surface area contributed by atoms with Crippen molar-refractivity contribution in [1.29, 1.82) is 0 Å². The lowest BCUT2D eigenvalue weighted by Crippen LogP contribution is -2.52. The quantitative estimate of drug-likeness (QED) is 0.402. The first-order valence-corrected chi connectivity index (χ1v) is 10.4. The number of benzene rings is 1. The van der Waals surface area contributed by atoms with E-state index in [1.54, 1.807) is 12.1 Å². The number of carbonyl (C=O) groups is 1. The Hall–Kier alpha value is -2.03. The highest BCUT2D eigenvalue weighted by atomic mass is 16.6. The van der Waals surface area contributed by atoms with Crippen LogP contribution in [0.3, 0.4) is 0 Å². The molecule has 0 radical (unpaired) electrons. The van der Waals surface area contributed by atoms with Crippen LogP contribution in [0.2, 0.25) is 0 Å². The molecule has 1 N–H and O–H groups in total. The Morgan fingerprint density at radius 2 is 1.67 bits per heavy atom. The molecule has 0 spiro atoms. The highest BCUT2D eigenvalue weighted by Crippen LogP contribution is 2.57. The monoisotopic (exact) mass is 366 g/mol. The number of phenolic OH excluding ortho intramolecular Hbond substituents is 1. The van der Waals surface area contributed by atoms with E-state index in [2.05, 4.69) is 6.08 Å². The summed E-state index contributed by atoms with van der Waals surface area (Å²) in [7, 11) is 0. The molecule has 4 aliphatic rings. The van der Waals surface area contributed by atoms with E-state index in [0.717, 1.165) is 61.0 Å². The van der Waals surface area contributed by atoms with Gasteiger partial charge in [0.05, 0.1) is 0 Å². The van der Waals surface area contributed by atoms with E-state index in [1.165, 1.54) is 19.3 Å². The Kier molecular flexibility index (Phi) is 5.12. The number of allylic oxidation sites excluding steroid dienone is 2. The van der Waals surface area contributed by atoms with Gasteiger partial charge in [0.25, 0.3) is 0 Å². The van der Waals surface area contributed by atoms with E-state index in [0.29, 0.717) is 0 Å². The summed E-state index contributed by atoms with van der Waals surface area (Å²) in [5.41, 5.74) is 1.65. The Morgan fingerprint density at radius 3 is 2.26 bits per heavy atom. The van der Waals surface area contributed by atoms with E-state index in [9.17, 15) is 9.90 Å². The van der Waals surface area contributed by atoms with E-state index >= 15 is 0 Å². The fraction of sp³-hybridized carbons (Fsp3) is 0.542. The van der Waals surface area contributed by atoms with Crippen molar-refractivity contribution in [2.75, 3.05) is 0 Å². The lowest BCUT2D eigenvalue weighted by atomic mass is 9.54. The second kappa shape index (κ2) is 7.53. The molecule has 27 heavy (non-hydrogen) atoms. The van der Waals surface area contributed by atoms with Crippen molar-refractivity contribution in [3.05, 3.63) is 47.6 Å². The average Bonchev–Trinajstić information content (AvgIpc) is 2.61. The molecule has 5 rings (SSSR count). The maximum atomic E-state index is 12.6. The van der Waals surface area contributed by atoms with Gasteiger partial charge in [-0.15, -0.1) is 0 Å². The SMILES string of the molecule is CC(=CCCC=Cc1ccc(O)cc1)C(=O)OC12CC3CC(CC(C3)C1)C2. The molecule has 0 atom stereocenters. The first kappa shape index (κ1) is 18.3. The Morgan fingerprint density at radius 1 is 1.07 bits per heavy atom. The first-order valence-electron chi connectivity index (χ1n) is 10.4. The lowest BCUT2D eigenvalue weighted by Gasteiger charge is -2.55. The zero-order valence-corrected chi connectivity index (χ0v) is 16.2. The highest BCUT2D eigenvalue weighted by molar-refractivity contribution is 5.88. The minimum atomic E-state index is -0.153. The van der Waals surface area contributed by atoms with Gasteiger partial charge in [-0.2, -0.15) is 0 Å². The fourth-order valence-electron chi connectivity index (χ4n) is 5.72. The number of ether oxygens (including phenoxy) is 1. The molecule has 0 aliphatic heterocycles.